The van der Waals surface area contributed by atoms with E-state index in [1.165, 1.54) is 12.1 Å². The van der Waals surface area contributed by atoms with Crippen LogP contribution < -0.4 is 5.73 Å². The van der Waals surface area contributed by atoms with Gasteiger partial charge in [-0.2, -0.15) is 0 Å². The largest absolute Gasteiger partial charge is 0.329 e. The third kappa shape index (κ3) is 3.94. The van der Waals surface area contributed by atoms with E-state index in [4.69, 9.17) is 17.3 Å². The lowest BCUT2D eigenvalue weighted by molar-refractivity contribution is 0.209. The molecule has 1 rings (SSSR count). The van der Waals surface area contributed by atoms with Crippen LogP contribution in [-0.4, -0.2) is 24.5 Å². The third-order valence-electron chi connectivity index (χ3n) is 3.19. The summed E-state index contributed by atoms with van der Waals surface area (Å²) in [5.74, 6) is -0.309. The molecule has 18 heavy (non-hydrogen) atoms. The van der Waals surface area contributed by atoms with Crippen molar-refractivity contribution >= 4 is 11.6 Å². The number of nitrogens with two attached hydrogens (primary N) is 1. The lowest BCUT2D eigenvalue weighted by Gasteiger charge is -2.30. The molecule has 1 aromatic rings. The average Bonchev–Trinajstić information content (AvgIpc) is 2.36. The number of unbranched alkanes of at least 4 members (excludes halogenated alkanes) is 1. The molecule has 0 aliphatic rings. The SMILES string of the molecule is CCCCN(CC)C(CN)c1ccc(F)cc1Cl. The van der Waals surface area contributed by atoms with E-state index >= 15 is 0 Å². The standard InChI is InChI=1S/C14H22ClFN2/c1-3-5-8-18(4-2)14(10-17)12-7-6-11(16)9-13(12)15/h6-7,9,14H,3-5,8,10,17H2,1-2H3. The molecule has 0 aromatic heterocycles. The molecule has 102 valence electrons. The van der Waals surface area contributed by atoms with Crippen LogP contribution in [0.1, 0.15) is 38.3 Å². The normalized spacial score (nSPS) is 13.0. The van der Waals surface area contributed by atoms with E-state index in [-0.39, 0.29) is 11.9 Å². The molecule has 0 saturated carbocycles. The van der Waals surface area contributed by atoms with Crippen LogP contribution in [0.5, 0.6) is 0 Å². The molecule has 0 spiro atoms. The van der Waals surface area contributed by atoms with Crippen LogP contribution in [0.4, 0.5) is 4.39 Å². The predicted molar refractivity (Wildman–Crippen MR) is 75.4 cm³/mol. The fourth-order valence-electron chi connectivity index (χ4n) is 2.14. The molecule has 0 amide bonds. The highest BCUT2D eigenvalue weighted by atomic mass is 35.5. The van der Waals surface area contributed by atoms with Crippen molar-refractivity contribution in [3.63, 3.8) is 0 Å². The van der Waals surface area contributed by atoms with E-state index in [1.807, 2.05) is 0 Å². The van der Waals surface area contributed by atoms with Crippen LogP contribution in [0.2, 0.25) is 5.02 Å². The summed E-state index contributed by atoms with van der Waals surface area (Å²) in [7, 11) is 0. The van der Waals surface area contributed by atoms with Gasteiger partial charge in [0, 0.05) is 17.6 Å². The van der Waals surface area contributed by atoms with Gasteiger partial charge in [-0.05, 0) is 37.2 Å². The van der Waals surface area contributed by atoms with Crippen LogP contribution in [0.15, 0.2) is 18.2 Å². The Balaban J connectivity index is 2.92. The average molecular weight is 273 g/mol. The number of rotatable bonds is 7. The Morgan fingerprint density at radius 1 is 1.39 bits per heavy atom. The summed E-state index contributed by atoms with van der Waals surface area (Å²) in [6.07, 6.45) is 2.27. The second kappa shape index (κ2) is 7.72. The summed E-state index contributed by atoms with van der Waals surface area (Å²) in [4.78, 5) is 2.29. The molecule has 0 heterocycles. The van der Waals surface area contributed by atoms with Gasteiger partial charge in [0.2, 0.25) is 0 Å². The van der Waals surface area contributed by atoms with Gasteiger partial charge in [-0.1, -0.05) is 37.9 Å². The molecule has 0 saturated heterocycles. The first-order chi connectivity index (χ1) is 8.63. The molecule has 1 aromatic carbocycles. The second-order valence-electron chi connectivity index (χ2n) is 4.40. The molecule has 0 bridgehead atoms. The molecule has 2 N–H and O–H groups in total. The maximum Gasteiger partial charge on any atom is 0.124 e. The zero-order valence-corrected chi connectivity index (χ0v) is 11.9. The van der Waals surface area contributed by atoms with Crippen molar-refractivity contribution in [2.75, 3.05) is 19.6 Å². The lowest BCUT2D eigenvalue weighted by atomic mass is 10.0. The highest BCUT2D eigenvalue weighted by molar-refractivity contribution is 6.31. The molecule has 0 aliphatic heterocycles. The number of halogens is 2. The van der Waals surface area contributed by atoms with Crippen LogP contribution in [-0.2, 0) is 0 Å². The fourth-order valence-corrected chi connectivity index (χ4v) is 2.43. The van der Waals surface area contributed by atoms with Gasteiger partial charge in [-0.15, -0.1) is 0 Å². The third-order valence-corrected chi connectivity index (χ3v) is 3.52. The van der Waals surface area contributed by atoms with E-state index < -0.39 is 0 Å². The van der Waals surface area contributed by atoms with Crippen LogP contribution in [0, 0.1) is 5.82 Å². The summed E-state index contributed by atoms with van der Waals surface area (Å²) >= 11 is 6.12. The second-order valence-corrected chi connectivity index (χ2v) is 4.81. The molecule has 1 unspecified atom stereocenters. The zero-order valence-electron chi connectivity index (χ0n) is 11.1. The highest BCUT2D eigenvalue weighted by Gasteiger charge is 2.19. The zero-order chi connectivity index (χ0) is 13.5. The molecule has 4 heteroatoms. The quantitative estimate of drug-likeness (QED) is 0.822. The Hall–Kier alpha value is -0.640. The maximum absolute atomic E-state index is 13.1. The van der Waals surface area contributed by atoms with Crippen molar-refractivity contribution in [3.8, 4) is 0 Å². The predicted octanol–water partition coefficient (Wildman–Crippen LogP) is 3.60. The van der Waals surface area contributed by atoms with Gasteiger partial charge >= 0.3 is 0 Å². The summed E-state index contributed by atoms with van der Waals surface area (Å²) in [5, 5.41) is 0.459. The van der Waals surface area contributed by atoms with Crippen molar-refractivity contribution in [2.45, 2.75) is 32.7 Å². The molecule has 0 radical (unpaired) electrons. The minimum Gasteiger partial charge on any atom is -0.329 e. The van der Waals surface area contributed by atoms with Crippen LogP contribution in [0.3, 0.4) is 0 Å². The summed E-state index contributed by atoms with van der Waals surface area (Å²) in [6.45, 7) is 6.66. The number of likely N-dealkylation sites (N-methyl/N-ethyl adjacent to an activating group) is 1. The first-order valence-corrected chi connectivity index (χ1v) is 6.90. The van der Waals surface area contributed by atoms with Crippen molar-refractivity contribution in [3.05, 3.63) is 34.6 Å². The van der Waals surface area contributed by atoms with Gasteiger partial charge < -0.3 is 5.73 Å². The van der Waals surface area contributed by atoms with Gasteiger partial charge in [0.15, 0.2) is 0 Å². The fraction of sp³-hybridized carbons (Fsp3) is 0.571. The summed E-state index contributed by atoms with van der Waals surface area (Å²) in [5.41, 5.74) is 6.78. The maximum atomic E-state index is 13.1. The molecule has 1 atom stereocenters. The van der Waals surface area contributed by atoms with Crippen LogP contribution in [0.25, 0.3) is 0 Å². The van der Waals surface area contributed by atoms with Gasteiger partial charge in [0.25, 0.3) is 0 Å². The first kappa shape index (κ1) is 15.4. The number of hydrogen-bond donors (Lipinski definition) is 1. The molecule has 2 nitrogen and oxygen atoms in total. The van der Waals surface area contributed by atoms with E-state index in [2.05, 4.69) is 18.7 Å². The van der Waals surface area contributed by atoms with Crippen molar-refractivity contribution < 1.29 is 4.39 Å². The van der Waals surface area contributed by atoms with E-state index in [0.717, 1.165) is 31.5 Å². The van der Waals surface area contributed by atoms with Crippen LogP contribution >= 0.6 is 11.6 Å². The van der Waals surface area contributed by atoms with E-state index in [9.17, 15) is 4.39 Å². The van der Waals surface area contributed by atoms with E-state index in [0.29, 0.717) is 11.6 Å². The van der Waals surface area contributed by atoms with Gasteiger partial charge in [0.1, 0.15) is 5.82 Å². The smallest absolute Gasteiger partial charge is 0.124 e. The highest BCUT2D eigenvalue weighted by Crippen LogP contribution is 2.27. The monoisotopic (exact) mass is 272 g/mol. The van der Waals surface area contributed by atoms with Crippen molar-refractivity contribution in [2.24, 2.45) is 5.73 Å². The number of benzene rings is 1. The Bertz CT molecular complexity index is 371. The number of nitrogens with zero attached hydrogens (tertiary/aromatic N) is 1. The Kier molecular flexibility index (Phi) is 6.61. The Morgan fingerprint density at radius 3 is 2.61 bits per heavy atom. The molecular formula is C14H22ClFN2. The van der Waals surface area contributed by atoms with Crippen molar-refractivity contribution in [1.29, 1.82) is 0 Å². The van der Waals surface area contributed by atoms with E-state index in [1.54, 1.807) is 6.07 Å². The molecule has 0 fully saturated rings. The van der Waals surface area contributed by atoms with Gasteiger partial charge in [0.05, 0.1) is 0 Å². The minimum atomic E-state index is -0.309. The minimum absolute atomic E-state index is 0.0645. The number of hydrogen-bond acceptors (Lipinski definition) is 2. The molecule has 0 aliphatic carbocycles. The first-order valence-electron chi connectivity index (χ1n) is 6.53. The lowest BCUT2D eigenvalue weighted by Crippen LogP contribution is -2.34. The van der Waals surface area contributed by atoms with Gasteiger partial charge in [-0.3, -0.25) is 4.90 Å². The Morgan fingerprint density at radius 2 is 2.11 bits per heavy atom. The summed E-state index contributed by atoms with van der Waals surface area (Å²) in [6, 6.07) is 4.60. The molecular weight excluding hydrogens is 251 g/mol. The topological polar surface area (TPSA) is 29.3 Å². The summed E-state index contributed by atoms with van der Waals surface area (Å²) < 4.78 is 13.1. The Labute approximate surface area is 114 Å². The van der Waals surface area contributed by atoms with Crippen molar-refractivity contribution in [1.82, 2.24) is 4.90 Å². The van der Waals surface area contributed by atoms with Gasteiger partial charge in [-0.25, -0.2) is 4.39 Å².